The van der Waals surface area contributed by atoms with Crippen LogP contribution in [0.2, 0.25) is 0 Å². The summed E-state index contributed by atoms with van der Waals surface area (Å²) in [4.78, 5) is 4.03. The Kier molecular flexibility index (Phi) is 5.00. The number of methoxy groups -OCH3 is 2. The summed E-state index contributed by atoms with van der Waals surface area (Å²) in [6.45, 7) is 0. The molecule has 0 bridgehead atoms. The molecular weight excluding hydrogens is 268 g/mol. The van der Waals surface area contributed by atoms with Crippen molar-refractivity contribution in [1.82, 2.24) is 4.98 Å². The molecule has 5 heteroatoms. The van der Waals surface area contributed by atoms with E-state index >= 15 is 0 Å². The Balaban J connectivity index is 2.06. The molecule has 0 saturated heterocycles. The van der Waals surface area contributed by atoms with Crippen LogP contribution in [0.1, 0.15) is 11.1 Å². The molecule has 0 aliphatic heterocycles. The van der Waals surface area contributed by atoms with Crippen molar-refractivity contribution in [3.63, 3.8) is 0 Å². The van der Waals surface area contributed by atoms with Gasteiger partial charge >= 0.3 is 0 Å². The minimum absolute atomic E-state index is 0.466. The third-order valence-electron chi connectivity index (χ3n) is 3.32. The molecule has 2 rings (SSSR count). The maximum Gasteiger partial charge on any atom is 0.160 e. The minimum atomic E-state index is -0.533. The van der Waals surface area contributed by atoms with E-state index in [1.165, 1.54) is 0 Å². The first-order chi connectivity index (χ1) is 10.1. The zero-order chi connectivity index (χ0) is 15.2. The van der Waals surface area contributed by atoms with Gasteiger partial charge in [-0.15, -0.1) is 0 Å². The number of nitrogen functional groups attached to an aromatic ring is 1. The van der Waals surface area contributed by atoms with Crippen molar-refractivity contribution in [2.75, 3.05) is 20.0 Å². The highest BCUT2D eigenvalue weighted by Gasteiger charge is 2.11. The number of anilines is 1. The van der Waals surface area contributed by atoms with Crippen LogP contribution < -0.4 is 15.2 Å². The van der Waals surface area contributed by atoms with Crippen LogP contribution >= 0.6 is 0 Å². The molecule has 0 spiro atoms. The number of nitrogens with zero attached hydrogens (tertiary/aromatic N) is 1. The highest BCUT2D eigenvalue weighted by atomic mass is 16.5. The Bertz CT molecular complexity index is 602. The average Bonchev–Trinajstić information content (AvgIpc) is 2.49. The third-order valence-corrected chi connectivity index (χ3v) is 3.32. The molecule has 112 valence electrons. The molecule has 0 fully saturated rings. The number of aliphatic hydroxyl groups excluding tert-OH is 1. The number of aromatic nitrogens is 1. The quantitative estimate of drug-likeness (QED) is 0.848. The van der Waals surface area contributed by atoms with Gasteiger partial charge in [-0.3, -0.25) is 4.98 Å². The molecule has 5 nitrogen and oxygen atoms in total. The molecule has 0 aliphatic carbocycles. The van der Waals surface area contributed by atoms with Crippen molar-refractivity contribution < 1.29 is 14.6 Å². The molecule has 21 heavy (non-hydrogen) atoms. The van der Waals surface area contributed by atoms with Crippen LogP contribution in [0.5, 0.6) is 11.5 Å². The van der Waals surface area contributed by atoms with E-state index in [9.17, 15) is 5.11 Å². The zero-order valence-corrected chi connectivity index (χ0v) is 12.2. The summed E-state index contributed by atoms with van der Waals surface area (Å²) < 4.78 is 10.5. The number of hydrogen-bond acceptors (Lipinski definition) is 5. The lowest BCUT2D eigenvalue weighted by Gasteiger charge is -2.14. The SMILES string of the molecule is COc1ccc(CC(O)Cc2cnccc2N)cc1OC. The largest absolute Gasteiger partial charge is 0.493 e. The predicted molar refractivity (Wildman–Crippen MR) is 81.6 cm³/mol. The van der Waals surface area contributed by atoms with Gasteiger partial charge in [-0.05, 0) is 35.7 Å². The van der Waals surface area contributed by atoms with Gasteiger partial charge in [-0.1, -0.05) is 6.07 Å². The Labute approximate surface area is 124 Å². The summed E-state index contributed by atoms with van der Waals surface area (Å²) >= 11 is 0. The molecule has 0 aliphatic rings. The predicted octanol–water partition coefficient (Wildman–Crippen LogP) is 1.83. The number of rotatable bonds is 6. The van der Waals surface area contributed by atoms with Gasteiger partial charge in [0.15, 0.2) is 11.5 Å². The highest BCUT2D eigenvalue weighted by molar-refractivity contribution is 5.45. The topological polar surface area (TPSA) is 77.6 Å². The number of aliphatic hydroxyl groups is 1. The summed E-state index contributed by atoms with van der Waals surface area (Å²) in [5, 5.41) is 10.2. The molecule has 0 amide bonds. The standard InChI is InChI=1S/C16H20N2O3/c1-20-15-4-3-11(8-16(15)21-2)7-13(19)9-12-10-18-6-5-14(12)17/h3-6,8,10,13,19H,7,9H2,1-2H3,(H2,17,18). The average molecular weight is 288 g/mol. The molecule has 0 saturated carbocycles. The normalized spacial score (nSPS) is 12.0. The van der Waals surface area contributed by atoms with Crippen molar-refractivity contribution in [2.24, 2.45) is 0 Å². The second kappa shape index (κ2) is 6.95. The first kappa shape index (κ1) is 15.1. The van der Waals surface area contributed by atoms with Crippen molar-refractivity contribution in [3.8, 4) is 11.5 Å². The monoisotopic (exact) mass is 288 g/mol. The van der Waals surface area contributed by atoms with Gasteiger partial charge < -0.3 is 20.3 Å². The molecule has 0 radical (unpaired) electrons. The second-order valence-electron chi connectivity index (χ2n) is 4.83. The van der Waals surface area contributed by atoms with E-state index in [2.05, 4.69) is 4.98 Å². The molecular formula is C16H20N2O3. The van der Waals surface area contributed by atoms with E-state index in [-0.39, 0.29) is 0 Å². The molecule has 1 unspecified atom stereocenters. The van der Waals surface area contributed by atoms with E-state index in [1.807, 2.05) is 18.2 Å². The number of benzene rings is 1. The van der Waals surface area contributed by atoms with Gasteiger partial charge in [0.05, 0.1) is 20.3 Å². The smallest absolute Gasteiger partial charge is 0.160 e. The number of ether oxygens (including phenoxy) is 2. The fraction of sp³-hybridized carbons (Fsp3) is 0.312. The van der Waals surface area contributed by atoms with Crippen molar-refractivity contribution in [1.29, 1.82) is 0 Å². The number of pyridine rings is 1. The van der Waals surface area contributed by atoms with Crippen LogP contribution in [-0.2, 0) is 12.8 Å². The van der Waals surface area contributed by atoms with Crippen molar-refractivity contribution in [2.45, 2.75) is 18.9 Å². The van der Waals surface area contributed by atoms with Crippen molar-refractivity contribution in [3.05, 3.63) is 47.8 Å². The van der Waals surface area contributed by atoms with Gasteiger partial charge in [0.25, 0.3) is 0 Å². The Morgan fingerprint density at radius 2 is 1.90 bits per heavy atom. The zero-order valence-electron chi connectivity index (χ0n) is 12.2. The van der Waals surface area contributed by atoms with Crippen LogP contribution in [0.25, 0.3) is 0 Å². The molecule has 1 atom stereocenters. The first-order valence-corrected chi connectivity index (χ1v) is 6.71. The van der Waals surface area contributed by atoms with E-state index in [0.717, 1.165) is 11.1 Å². The maximum absolute atomic E-state index is 10.2. The minimum Gasteiger partial charge on any atom is -0.493 e. The maximum atomic E-state index is 10.2. The van der Waals surface area contributed by atoms with Crippen LogP contribution in [0.3, 0.4) is 0 Å². The van der Waals surface area contributed by atoms with Gasteiger partial charge in [-0.2, -0.15) is 0 Å². The van der Waals surface area contributed by atoms with Gasteiger partial charge in [0.1, 0.15) is 0 Å². The summed E-state index contributed by atoms with van der Waals surface area (Å²) in [5.74, 6) is 1.33. The molecule has 1 heterocycles. The summed E-state index contributed by atoms with van der Waals surface area (Å²) in [6, 6.07) is 7.35. The molecule has 1 aromatic carbocycles. The van der Waals surface area contributed by atoms with E-state index in [4.69, 9.17) is 15.2 Å². The summed E-state index contributed by atoms with van der Waals surface area (Å²) in [6.07, 6.45) is 3.77. The second-order valence-corrected chi connectivity index (χ2v) is 4.83. The van der Waals surface area contributed by atoms with Crippen LogP contribution in [0, 0.1) is 0 Å². The lowest BCUT2D eigenvalue weighted by Crippen LogP contribution is -2.15. The van der Waals surface area contributed by atoms with Gasteiger partial charge in [0, 0.05) is 24.5 Å². The van der Waals surface area contributed by atoms with Crippen LogP contribution in [0.4, 0.5) is 5.69 Å². The molecule has 2 aromatic rings. The first-order valence-electron chi connectivity index (χ1n) is 6.71. The van der Waals surface area contributed by atoms with E-state index in [1.54, 1.807) is 32.7 Å². The lowest BCUT2D eigenvalue weighted by atomic mass is 10.0. The Morgan fingerprint density at radius 1 is 1.14 bits per heavy atom. The molecule has 3 N–H and O–H groups in total. The fourth-order valence-corrected chi connectivity index (χ4v) is 2.21. The lowest BCUT2D eigenvalue weighted by molar-refractivity contribution is 0.175. The summed E-state index contributed by atoms with van der Waals surface area (Å²) in [7, 11) is 3.19. The molecule has 1 aromatic heterocycles. The number of nitrogens with two attached hydrogens (primary N) is 1. The van der Waals surface area contributed by atoms with E-state index in [0.29, 0.717) is 30.0 Å². The summed E-state index contributed by atoms with van der Waals surface area (Å²) in [5.41, 5.74) is 8.33. The van der Waals surface area contributed by atoms with Crippen LogP contribution in [-0.4, -0.2) is 30.4 Å². The number of hydrogen-bond donors (Lipinski definition) is 2. The fourth-order valence-electron chi connectivity index (χ4n) is 2.21. The van der Waals surface area contributed by atoms with Gasteiger partial charge in [0.2, 0.25) is 0 Å². The Hall–Kier alpha value is -2.27. The Morgan fingerprint density at radius 3 is 2.57 bits per heavy atom. The van der Waals surface area contributed by atoms with Gasteiger partial charge in [-0.25, -0.2) is 0 Å². The third kappa shape index (κ3) is 3.86. The van der Waals surface area contributed by atoms with Crippen molar-refractivity contribution >= 4 is 5.69 Å². The van der Waals surface area contributed by atoms with E-state index < -0.39 is 6.10 Å². The highest BCUT2D eigenvalue weighted by Crippen LogP contribution is 2.28. The van der Waals surface area contributed by atoms with Crippen LogP contribution in [0.15, 0.2) is 36.7 Å².